The molecule has 5 heteroatoms. The zero-order valence-electron chi connectivity index (χ0n) is 10.7. The minimum Gasteiger partial charge on any atom is -0.359 e. The normalized spacial score (nSPS) is 10.5. The van der Waals surface area contributed by atoms with E-state index in [1.54, 1.807) is 6.20 Å². The molecule has 0 aliphatic heterocycles. The second-order valence-corrected chi connectivity index (χ2v) is 4.53. The zero-order valence-corrected chi connectivity index (χ0v) is 11.4. The summed E-state index contributed by atoms with van der Waals surface area (Å²) in [7, 11) is 1.92. The van der Waals surface area contributed by atoms with Gasteiger partial charge in [-0.05, 0) is 18.2 Å². The fourth-order valence-corrected chi connectivity index (χ4v) is 2.05. The minimum absolute atomic E-state index is 0.244. The van der Waals surface area contributed by atoms with E-state index in [1.165, 1.54) is 12.3 Å². The van der Waals surface area contributed by atoms with Gasteiger partial charge in [-0.3, -0.25) is 4.98 Å². The predicted molar refractivity (Wildman–Crippen MR) is 75.0 cm³/mol. The van der Waals surface area contributed by atoms with Crippen molar-refractivity contribution in [2.75, 3.05) is 18.5 Å². The van der Waals surface area contributed by atoms with E-state index in [2.05, 4.69) is 9.97 Å². The van der Waals surface area contributed by atoms with Crippen molar-refractivity contribution in [3.63, 3.8) is 0 Å². The molecule has 2 rings (SSSR count). The highest BCUT2D eigenvalue weighted by atomic mass is 35.5. The van der Waals surface area contributed by atoms with E-state index in [4.69, 9.17) is 11.6 Å². The van der Waals surface area contributed by atoms with Crippen LogP contribution in [0.15, 0.2) is 36.7 Å². The van der Waals surface area contributed by atoms with Crippen molar-refractivity contribution in [2.24, 2.45) is 0 Å². The van der Waals surface area contributed by atoms with Crippen molar-refractivity contribution >= 4 is 17.4 Å². The molecule has 19 heavy (non-hydrogen) atoms. The van der Waals surface area contributed by atoms with Crippen LogP contribution < -0.4 is 4.90 Å². The van der Waals surface area contributed by atoms with E-state index in [0.29, 0.717) is 11.4 Å². The molecule has 2 aromatic heterocycles. The summed E-state index contributed by atoms with van der Waals surface area (Å²) in [5, 5.41) is 0. The highest BCUT2D eigenvalue weighted by molar-refractivity contribution is 6.17. The molecule has 100 valence electrons. The van der Waals surface area contributed by atoms with Crippen LogP contribution in [-0.4, -0.2) is 23.6 Å². The Morgan fingerprint density at radius 3 is 2.84 bits per heavy atom. The van der Waals surface area contributed by atoms with Gasteiger partial charge in [0.2, 0.25) is 0 Å². The van der Waals surface area contributed by atoms with E-state index in [-0.39, 0.29) is 11.7 Å². The smallest absolute Gasteiger partial charge is 0.141 e. The van der Waals surface area contributed by atoms with Crippen LogP contribution in [0.5, 0.6) is 0 Å². The lowest BCUT2D eigenvalue weighted by atomic mass is 10.2. The van der Waals surface area contributed by atoms with E-state index in [9.17, 15) is 4.39 Å². The lowest BCUT2D eigenvalue weighted by Crippen LogP contribution is -2.23. The summed E-state index contributed by atoms with van der Waals surface area (Å²) in [6, 6.07) is 7.25. The minimum atomic E-state index is -0.363. The number of alkyl halides is 1. The van der Waals surface area contributed by atoms with Crippen molar-refractivity contribution in [1.29, 1.82) is 0 Å². The Hall–Kier alpha value is -1.68. The fraction of sp³-hybridized carbons (Fsp3) is 0.286. The van der Waals surface area contributed by atoms with Gasteiger partial charge in [0.05, 0.1) is 12.1 Å². The average molecular weight is 280 g/mol. The maximum atomic E-state index is 13.1. The lowest BCUT2D eigenvalue weighted by Gasteiger charge is -2.20. The highest BCUT2D eigenvalue weighted by Gasteiger charge is 2.10. The molecule has 0 aliphatic carbocycles. The number of rotatable bonds is 5. The van der Waals surface area contributed by atoms with E-state index < -0.39 is 0 Å². The summed E-state index contributed by atoms with van der Waals surface area (Å²) in [6.07, 6.45) is 3.79. The Morgan fingerprint density at radius 1 is 1.32 bits per heavy atom. The second kappa shape index (κ2) is 6.48. The van der Waals surface area contributed by atoms with Crippen molar-refractivity contribution in [3.8, 4) is 0 Å². The molecule has 0 saturated carbocycles. The van der Waals surface area contributed by atoms with Gasteiger partial charge in [-0.1, -0.05) is 6.07 Å². The predicted octanol–water partition coefficient (Wildman–Crippen LogP) is 3.03. The maximum Gasteiger partial charge on any atom is 0.141 e. The van der Waals surface area contributed by atoms with Crippen LogP contribution >= 0.6 is 11.6 Å². The summed E-state index contributed by atoms with van der Waals surface area (Å²) in [6.45, 7) is 0.750. The van der Waals surface area contributed by atoms with Crippen LogP contribution in [0.2, 0.25) is 0 Å². The van der Waals surface area contributed by atoms with Crippen molar-refractivity contribution in [2.45, 2.75) is 12.3 Å². The highest BCUT2D eigenvalue weighted by Crippen LogP contribution is 2.19. The fourth-order valence-electron chi connectivity index (χ4n) is 1.85. The SMILES string of the molecule is CN(CCc1ccccn1)c1ncc(F)cc1CCl. The molecular formula is C14H15ClFN3. The van der Waals surface area contributed by atoms with Gasteiger partial charge in [0.25, 0.3) is 0 Å². The first-order valence-corrected chi connectivity index (χ1v) is 6.55. The molecule has 0 spiro atoms. The Labute approximate surface area is 117 Å². The molecular weight excluding hydrogens is 265 g/mol. The van der Waals surface area contributed by atoms with E-state index in [1.807, 2.05) is 30.1 Å². The van der Waals surface area contributed by atoms with Gasteiger partial charge in [-0.25, -0.2) is 9.37 Å². The molecule has 2 heterocycles. The molecule has 0 atom stereocenters. The monoisotopic (exact) mass is 279 g/mol. The van der Waals surface area contributed by atoms with Crippen molar-refractivity contribution in [1.82, 2.24) is 9.97 Å². The van der Waals surface area contributed by atoms with Crippen LogP contribution in [-0.2, 0) is 12.3 Å². The molecule has 0 unspecified atom stereocenters. The molecule has 0 aliphatic rings. The zero-order chi connectivity index (χ0) is 13.7. The van der Waals surface area contributed by atoms with Gasteiger partial charge in [0.1, 0.15) is 11.6 Å². The first-order valence-electron chi connectivity index (χ1n) is 6.02. The molecule has 3 nitrogen and oxygen atoms in total. The molecule has 0 N–H and O–H groups in total. The summed E-state index contributed by atoms with van der Waals surface area (Å²) in [5.74, 6) is 0.596. The largest absolute Gasteiger partial charge is 0.359 e. The van der Waals surface area contributed by atoms with Gasteiger partial charge in [-0.2, -0.15) is 0 Å². The van der Waals surface area contributed by atoms with Gasteiger partial charge < -0.3 is 4.90 Å². The lowest BCUT2D eigenvalue weighted by molar-refractivity contribution is 0.619. The average Bonchev–Trinajstić information content (AvgIpc) is 2.45. The number of likely N-dealkylation sites (N-methyl/N-ethyl adjacent to an activating group) is 1. The molecule has 0 saturated heterocycles. The molecule has 0 aromatic carbocycles. The Kier molecular flexibility index (Phi) is 4.68. The van der Waals surface area contributed by atoms with Crippen LogP contribution in [0.1, 0.15) is 11.3 Å². The number of pyridine rings is 2. The number of hydrogen-bond donors (Lipinski definition) is 0. The third kappa shape index (κ3) is 3.64. The van der Waals surface area contributed by atoms with Crippen LogP contribution in [0.4, 0.5) is 10.2 Å². The third-order valence-electron chi connectivity index (χ3n) is 2.84. The number of halogens is 2. The molecule has 0 bridgehead atoms. The van der Waals surface area contributed by atoms with Gasteiger partial charge in [-0.15, -0.1) is 11.6 Å². The second-order valence-electron chi connectivity index (χ2n) is 4.26. The van der Waals surface area contributed by atoms with Gasteiger partial charge in [0.15, 0.2) is 0 Å². The Morgan fingerprint density at radius 2 is 2.16 bits per heavy atom. The molecule has 0 amide bonds. The third-order valence-corrected chi connectivity index (χ3v) is 3.13. The summed E-state index contributed by atoms with van der Waals surface area (Å²) in [5.41, 5.74) is 1.72. The van der Waals surface area contributed by atoms with Crippen molar-refractivity contribution in [3.05, 3.63) is 53.7 Å². The quantitative estimate of drug-likeness (QED) is 0.788. The molecule has 0 fully saturated rings. The van der Waals surface area contributed by atoms with Gasteiger partial charge >= 0.3 is 0 Å². The van der Waals surface area contributed by atoms with Crippen LogP contribution in [0.25, 0.3) is 0 Å². The Balaban J connectivity index is 2.05. The van der Waals surface area contributed by atoms with Crippen molar-refractivity contribution < 1.29 is 4.39 Å². The Bertz CT molecular complexity index is 533. The van der Waals surface area contributed by atoms with E-state index >= 15 is 0 Å². The first-order chi connectivity index (χ1) is 9.20. The summed E-state index contributed by atoms with van der Waals surface area (Å²) >= 11 is 5.82. The number of nitrogens with zero attached hydrogens (tertiary/aromatic N) is 3. The topological polar surface area (TPSA) is 29.0 Å². The maximum absolute atomic E-state index is 13.1. The molecule has 2 aromatic rings. The van der Waals surface area contributed by atoms with E-state index in [0.717, 1.165) is 18.7 Å². The number of anilines is 1. The summed E-state index contributed by atoms with van der Waals surface area (Å²) < 4.78 is 13.1. The van der Waals surface area contributed by atoms with Gasteiger partial charge in [0, 0.05) is 37.5 Å². The summed E-state index contributed by atoms with van der Waals surface area (Å²) in [4.78, 5) is 10.3. The first kappa shape index (κ1) is 13.7. The van der Waals surface area contributed by atoms with Crippen LogP contribution in [0, 0.1) is 5.82 Å². The number of aromatic nitrogens is 2. The number of hydrogen-bond acceptors (Lipinski definition) is 3. The molecule has 0 radical (unpaired) electrons. The van der Waals surface area contributed by atoms with Crippen LogP contribution in [0.3, 0.4) is 0 Å². The standard InChI is InChI=1S/C14H15ClFN3/c1-19(7-5-13-4-2-3-6-17-13)14-11(9-15)8-12(16)10-18-14/h2-4,6,8,10H,5,7,9H2,1H3.